The Morgan fingerprint density at radius 1 is 1.20 bits per heavy atom. The number of anilines is 1. The van der Waals surface area contributed by atoms with Gasteiger partial charge in [-0.25, -0.2) is 8.42 Å². The van der Waals surface area contributed by atoms with Crippen molar-refractivity contribution >= 4 is 38.3 Å². The van der Waals surface area contributed by atoms with Crippen molar-refractivity contribution in [3.8, 4) is 6.07 Å². The Labute approximate surface area is 181 Å². The van der Waals surface area contributed by atoms with Gasteiger partial charge in [-0.05, 0) is 55.0 Å². The molecule has 1 heterocycles. The van der Waals surface area contributed by atoms with Crippen molar-refractivity contribution in [2.75, 3.05) is 18.4 Å². The Morgan fingerprint density at radius 3 is 2.50 bits per heavy atom. The third-order valence-corrected chi connectivity index (χ3v) is 8.44. The van der Waals surface area contributed by atoms with Crippen LogP contribution in [0.2, 0.25) is 0 Å². The highest BCUT2D eigenvalue weighted by Gasteiger charge is 2.22. The molecule has 0 aliphatic heterocycles. The average Bonchev–Trinajstić information content (AvgIpc) is 3.10. The van der Waals surface area contributed by atoms with E-state index in [1.165, 1.54) is 26.6 Å². The molecule has 0 fully saturated rings. The topological polar surface area (TPSA) is 90.3 Å². The van der Waals surface area contributed by atoms with E-state index in [2.05, 4.69) is 11.4 Å². The van der Waals surface area contributed by atoms with Crippen molar-refractivity contribution in [3.63, 3.8) is 0 Å². The highest BCUT2D eigenvalue weighted by Crippen LogP contribution is 2.37. The van der Waals surface area contributed by atoms with Gasteiger partial charge < -0.3 is 5.32 Å². The highest BCUT2D eigenvalue weighted by molar-refractivity contribution is 7.89. The molecule has 2 aromatic rings. The summed E-state index contributed by atoms with van der Waals surface area (Å²) in [7, 11) is -3.50. The fourth-order valence-electron chi connectivity index (χ4n) is 3.56. The van der Waals surface area contributed by atoms with Crippen LogP contribution in [-0.2, 0) is 27.7 Å². The van der Waals surface area contributed by atoms with Crippen molar-refractivity contribution in [1.29, 1.82) is 5.26 Å². The van der Waals surface area contributed by atoms with E-state index in [1.54, 1.807) is 44.2 Å². The van der Waals surface area contributed by atoms with Crippen LogP contribution in [0.5, 0.6) is 0 Å². The van der Waals surface area contributed by atoms with Crippen LogP contribution >= 0.6 is 11.3 Å². The Balaban J connectivity index is 1.70. The van der Waals surface area contributed by atoms with Gasteiger partial charge in [0, 0.05) is 24.0 Å². The van der Waals surface area contributed by atoms with Crippen LogP contribution in [-0.4, -0.2) is 31.7 Å². The summed E-state index contributed by atoms with van der Waals surface area (Å²) in [5.41, 5.74) is 2.38. The maximum Gasteiger partial charge on any atom is 0.249 e. The zero-order valence-electron chi connectivity index (χ0n) is 17.1. The monoisotopic (exact) mass is 443 g/mol. The van der Waals surface area contributed by atoms with Gasteiger partial charge >= 0.3 is 0 Å². The molecule has 0 radical (unpaired) electrons. The minimum absolute atomic E-state index is 0.232. The van der Waals surface area contributed by atoms with Crippen molar-refractivity contribution in [1.82, 2.24) is 4.31 Å². The van der Waals surface area contributed by atoms with Gasteiger partial charge in [0.05, 0.1) is 10.5 Å². The maximum absolute atomic E-state index is 12.5. The number of benzene rings is 1. The first-order chi connectivity index (χ1) is 14.4. The lowest BCUT2D eigenvalue weighted by atomic mass is 9.96. The van der Waals surface area contributed by atoms with Crippen LogP contribution in [0.25, 0.3) is 6.08 Å². The summed E-state index contributed by atoms with van der Waals surface area (Å²) < 4.78 is 26.5. The number of sulfonamides is 1. The molecule has 1 aromatic carbocycles. The Hall–Kier alpha value is -2.47. The van der Waals surface area contributed by atoms with Gasteiger partial charge in [0.25, 0.3) is 0 Å². The van der Waals surface area contributed by atoms with Crippen molar-refractivity contribution < 1.29 is 13.2 Å². The van der Waals surface area contributed by atoms with E-state index in [9.17, 15) is 18.5 Å². The number of fused-ring (bicyclic) bond motifs is 1. The molecule has 1 N–H and O–H groups in total. The molecular weight excluding hydrogens is 418 g/mol. The first kappa shape index (κ1) is 22.2. The van der Waals surface area contributed by atoms with Gasteiger partial charge in [0.2, 0.25) is 15.9 Å². The number of rotatable bonds is 7. The lowest BCUT2D eigenvalue weighted by Gasteiger charge is -2.18. The van der Waals surface area contributed by atoms with E-state index in [0.29, 0.717) is 23.7 Å². The number of carbonyl (C=O) groups is 1. The molecule has 0 unspecified atom stereocenters. The molecule has 0 spiro atoms. The van der Waals surface area contributed by atoms with E-state index >= 15 is 0 Å². The molecule has 1 amide bonds. The molecule has 1 aliphatic carbocycles. The number of nitrogens with zero attached hydrogens (tertiary/aromatic N) is 2. The maximum atomic E-state index is 12.5. The summed E-state index contributed by atoms with van der Waals surface area (Å²) in [6.45, 7) is 4.44. The van der Waals surface area contributed by atoms with Gasteiger partial charge in [-0.15, -0.1) is 11.3 Å². The van der Waals surface area contributed by atoms with E-state index < -0.39 is 10.0 Å². The smallest absolute Gasteiger partial charge is 0.249 e. The zero-order valence-corrected chi connectivity index (χ0v) is 18.8. The summed E-state index contributed by atoms with van der Waals surface area (Å²) in [5, 5.41) is 12.9. The lowest BCUT2D eigenvalue weighted by molar-refractivity contribution is -0.111. The predicted octanol–water partition coefficient (Wildman–Crippen LogP) is 4.18. The van der Waals surface area contributed by atoms with E-state index in [1.807, 2.05) is 0 Å². The highest BCUT2D eigenvalue weighted by atomic mass is 32.2. The largest absolute Gasteiger partial charge is 0.313 e. The van der Waals surface area contributed by atoms with Crippen molar-refractivity contribution in [3.05, 3.63) is 51.9 Å². The van der Waals surface area contributed by atoms with Crippen LogP contribution in [0.1, 0.15) is 48.3 Å². The van der Waals surface area contributed by atoms with Gasteiger partial charge in [-0.3, -0.25) is 4.79 Å². The third-order valence-electron chi connectivity index (χ3n) is 5.17. The van der Waals surface area contributed by atoms with Gasteiger partial charge in [-0.1, -0.05) is 26.0 Å². The molecule has 6 nitrogen and oxygen atoms in total. The Bertz CT molecular complexity index is 1090. The molecule has 1 aromatic heterocycles. The van der Waals surface area contributed by atoms with Crippen LogP contribution < -0.4 is 5.32 Å². The Morgan fingerprint density at radius 2 is 1.87 bits per heavy atom. The third kappa shape index (κ3) is 4.64. The molecule has 0 saturated heterocycles. The molecule has 8 heteroatoms. The van der Waals surface area contributed by atoms with E-state index in [-0.39, 0.29) is 10.8 Å². The van der Waals surface area contributed by atoms with Gasteiger partial charge in [-0.2, -0.15) is 9.57 Å². The van der Waals surface area contributed by atoms with Crippen LogP contribution in [0, 0.1) is 11.3 Å². The number of hydrogen-bond donors (Lipinski definition) is 1. The molecule has 0 bridgehead atoms. The Kier molecular flexibility index (Phi) is 7.08. The number of thiophene rings is 1. The summed E-state index contributed by atoms with van der Waals surface area (Å²) >= 11 is 1.49. The molecule has 0 saturated carbocycles. The predicted molar refractivity (Wildman–Crippen MR) is 120 cm³/mol. The number of nitriles is 1. The molecular formula is C22H25N3O3S2. The number of amides is 1. The first-order valence-electron chi connectivity index (χ1n) is 10.0. The molecule has 158 valence electrons. The van der Waals surface area contributed by atoms with Crippen LogP contribution in [0.3, 0.4) is 0 Å². The van der Waals surface area contributed by atoms with Gasteiger partial charge in [0.15, 0.2) is 0 Å². The van der Waals surface area contributed by atoms with Crippen LogP contribution in [0.4, 0.5) is 5.00 Å². The number of nitrogens with one attached hydrogen (secondary N) is 1. The number of hydrogen-bond acceptors (Lipinski definition) is 5. The summed E-state index contributed by atoms with van der Waals surface area (Å²) in [6.07, 6.45) is 7.07. The quantitative estimate of drug-likeness (QED) is 0.650. The second-order valence-corrected chi connectivity index (χ2v) is 10.1. The minimum Gasteiger partial charge on any atom is -0.313 e. The van der Waals surface area contributed by atoms with E-state index in [4.69, 9.17) is 0 Å². The SMILES string of the molecule is CCN(CC)S(=O)(=O)c1ccc(C=CC(=O)Nc2sc3c(c2C#N)CCCC3)cc1. The fraction of sp³-hybridized carbons (Fsp3) is 0.364. The van der Waals surface area contributed by atoms with Crippen LogP contribution in [0.15, 0.2) is 35.2 Å². The zero-order chi connectivity index (χ0) is 21.7. The first-order valence-corrected chi connectivity index (χ1v) is 12.3. The van der Waals surface area contributed by atoms with E-state index in [0.717, 1.165) is 36.8 Å². The van der Waals surface area contributed by atoms with Crippen molar-refractivity contribution in [2.24, 2.45) is 0 Å². The lowest BCUT2D eigenvalue weighted by Crippen LogP contribution is -2.30. The average molecular weight is 444 g/mol. The fourth-order valence-corrected chi connectivity index (χ4v) is 6.26. The normalized spacial score (nSPS) is 13.9. The molecule has 30 heavy (non-hydrogen) atoms. The standard InChI is InChI=1S/C22H25N3O3S2/c1-3-25(4-2)30(27,28)17-12-9-16(10-13-17)11-14-21(26)24-22-19(15-23)18-7-5-6-8-20(18)29-22/h9-14H,3-8H2,1-2H3,(H,24,26). The second-order valence-electron chi connectivity index (χ2n) is 7.01. The van der Waals surface area contributed by atoms with Gasteiger partial charge in [0.1, 0.15) is 11.1 Å². The van der Waals surface area contributed by atoms with Crippen molar-refractivity contribution in [2.45, 2.75) is 44.4 Å². The molecule has 3 rings (SSSR count). The molecule has 0 atom stereocenters. The summed E-state index contributed by atoms with van der Waals surface area (Å²) in [4.78, 5) is 13.8. The minimum atomic E-state index is -3.50. The molecule has 1 aliphatic rings. The summed E-state index contributed by atoms with van der Waals surface area (Å²) in [6, 6.07) is 8.67. The number of carbonyl (C=O) groups excluding carboxylic acids is 1. The second kappa shape index (κ2) is 9.56. The number of aryl methyl sites for hydroxylation is 1. The summed E-state index contributed by atoms with van der Waals surface area (Å²) in [5.74, 6) is -0.315.